The maximum Gasteiger partial charge on any atom is 0.116 e. The maximum atomic E-state index is 9.92. The van der Waals surface area contributed by atoms with Crippen LogP contribution in [0.2, 0.25) is 0 Å². The van der Waals surface area contributed by atoms with Crippen LogP contribution in [-0.4, -0.2) is 30.6 Å². The van der Waals surface area contributed by atoms with Crippen molar-refractivity contribution in [3.05, 3.63) is 70.8 Å². The van der Waals surface area contributed by atoms with Crippen molar-refractivity contribution in [1.82, 2.24) is 4.90 Å². The van der Waals surface area contributed by atoms with Crippen LogP contribution in [0.5, 0.6) is 5.75 Å². The molecule has 0 amide bonds. The van der Waals surface area contributed by atoms with Crippen LogP contribution in [0, 0.1) is 0 Å². The molecule has 2 aromatic carbocycles. The minimum atomic E-state index is 0.344. The third-order valence-corrected chi connectivity index (χ3v) is 4.28. The molecule has 0 spiro atoms. The van der Waals surface area contributed by atoms with Gasteiger partial charge in [-0.2, -0.15) is 0 Å². The second-order valence-corrected chi connectivity index (χ2v) is 6.21. The second kappa shape index (κ2) is 6.37. The zero-order chi connectivity index (χ0) is 15.5. The fraction of sp³-hybridized carbons (Fsp3) is 0.300. The molecule has 0 saturated carbocycles. The number of aryl methyl sites for hydroxylation is 2. The van der Waals surface area contributed by atoms with Crippen LogP contribution in [0.15, 0.2) is 48.5 Å². The largest absolute Gasteiger partial charge is 0.508 e. The predicted octanol–water partition coefficient (Wildman–Crippen LogP) is 3.87. The lowest BCUT2D eigenvalue weighted by atomic mass is 9.93. The molecule has 0 fully saturated rings. The average Bonchev–Trinajstić information content (AvgIpc) is 2.65. The smallest absolute Gasteiger partial charge is 0.116 e. The molecule has 114 valence electrons. The first-order valence-electron chi connectivity index (χ1n) is 7.90. The van der Waals surface area contributed by atoms with Gasteiger partial charge in [-0.25, -0.2) is 0 Å². The van der Waals surface area contributed by atoms with Gasteiger partial charge >= 0.3 is 0 Å². The molecule has 1 N–H and O–H groups in total. The van der Waals surface area contributed by atoms with Crippen LogP contribution in [-0.2, 0) is 12.8 Å². The van der Waals surface area contributed by atoms with Crippen molar-refractivity contribution in [3.8, 4) is 5.75 Å². The molecule has 1 aliphatic rings. The molecular formula is C20H23NO. The summed E-state index contributed by atoms with van der Waals surface area (Å²) in [6, 6.07) is 14.4. The molecule has 0 heterocycles. The van der Waals surface area contributed by atoms with Gasteiger partial charge in [0.15, 0.2) is 0 Å². The second-order valence-electron chi connectivity index (χ2n) is 6.21. The van der Waals surface area contributed by atoms with Gasteiger partial charge in [0.25, 0.3) is 0 Å². The zero-order valence-electron chi connectivity index (χ0n) is 13.3. The van der Waals surface area contributed by atoms with Gasteiger partial charge in [0.2, 0.25) is 0 Å². The van der Waals surface area contributed by atoms with Crippen LogP contribution in [0.1, 0.15) is 28.7 Å². The van der Waals surface area contributed by atoms with Crippen molar-refractivity contribution >= 4 is 5.57 Å². The number of rotatable bonds is 3. The van der Waals surface area contributed by atoms with Crippen molar-refractivity contribution in [3.63, 3.8) is 0 Å². The lowest BCUT2D eigenvalue weighted by molar-refractivity contribution is 0.417. The Morgan fingerprint density at radius 2 is 1.73 bits per heavy atom. The van der Waals surface area contributed by atoms with Crippen molar-refractivity contribution in [2.24, 2.45) is 0 Å². The van der Waals surface area contributed by atoms with E-state index >= 15 is 0 Å². The molecule has 0 aromatic heterocycles. The van der Waals surface area contributed by atoms with Crippen molar-refractivity contribution < 1.29 is 5.11 Å². The minimum Gasteiger partial charge on any atom is -0.508 e. The first-order valence-corrected chi connectivity index (χ1v) is 7.90. The van der Waals surface area contributed by atoms with E-state index in [-0.39, 0.29) is 0 Å². The Hall–Kier alpha value is -2.06. The molecule has 0 aliphatic heterocycles. The predicted molar refractivity (Wildman–Crippen MR) is 92.2 cm³/mol. The molecule has 0 bridgehead atoms. The molecule has 0 saturated heterocycles. The molecule has 2 heteroatoms. The first kappa shape index (κ1) is 14.9. The van der Waals surface area contributed by atoms with Gasteiger partial charge in [-0.3, -0.25) is 0 Å². The third kappa shape index (κ3) is 3.07. The van der Waals surface area contributed by atoms with E-state index in [0.717, 1.165) is 25.8 Å². The van der Waals surface area contributed by atoms with Crippen molar-refractivity contribution in [2.75, 3.05) is 20.6 Å². The highest BCUT2D eigenvalue weighted by atomic mass is 16.3. The van der Waals surface area contributed by atoms with E-state index in [9.17, 15) is 5.11 Å². The highest BCUT2D eigenvalue weighted by molar-refractivity contribution is 5.84. The fourth-order valence-corrected chi connectivity index (χ4v) is 3.14. The molecule has 0 radical (unpaired) electrons. The number of fused-ring (bicyclic) bond motifs is 2. The van der Waals surface area contributed by atoms with E-state index in [4.69, 9.17) is 0 Å². The van der Waals surface area contributed by atoms with Crippen LogP contribution in [0.25, 0.3) is 5.57 Å². The monoisotopic (exact) mass is 293 g/mol. The van der Waals surface area contributed by atoms with Gasteiger partial charge in [0.05, 0.1) is 0 Å². The van der Waals surface area contributed by atoms with Gasteiger partial charge < -0.3 is 10.0 Å². The summed E-state index contributed by atoms with van der Waals surface area (Å²) < 4.78 is 0. The summed E-state index contributed by atoms with van der Waals surface area (Å²) in [5.74, 6) is 0.344. The van der Waals surface area contributed by atoms with Gasteiger partial charge in [-0.05, 0) is 73.3 Å². The molecule has 1 aliphatic carbocycles. The maximum absolute atomic E-state index is 9.92. The summed E-state index contributed by atoms with van der Waals surface area (Å²) in [5, 5.41) is 9.92. The standard InChI is InChI=1S/C20H23NO/c1-21(2)13-5-8-19-18-7-4-3-6-15(18)9-10-16-11-12-17(22)14-20(16)19/h3-4,6-8,11-12,14,22H,5,9-10,13H2,1-2H3/b19-8-. The number of hydrogen-bond donors (Lipinski definition) is 1. The lowest BCUT2D eigenvalue weighted by Gasteiger charge is -2.13. The molecule has 0 unspecified atom stereocenters. The Morgan fingerprint density at radius 3 is 2.50 bits per heavy atom. The zero-order valence-corrected chi connectivity index (χ0v) is 13.3. The molecule has 0 atom stereocenters. The minimum absolute atomic E-state index is 0.344. The number of phenolic OH excluding ortho intramolecular Hbond substituents is 1. The van der Waals surface area contributed by atoms with Crippen LogP contribution in [0.3, 0.4) is 0 Å². The van der Waals surface area contributed by atoms with E-state index < -0.39 is 0 Å². The average molecular weight is 293 g/mol. The highest BCUT2D eigenvalue weighted by Crippen LogP contribution is 2.35. The van der Waals surface area contributed by atoms with Crippen LogP contribution < -0.4 is 0 Å². The highest BCUT2D eigenvalue weighted by Gasteiger charge is 2.18. The van der Waals surface area contributed by atoms with Crippen LogP contribution >= 0.6 is 0 Å². The van der Waals surface area contributed by atoms with Gasteiger partial charge in [0.1, 0.15) is 5.75 Å². The Labute approximate surface area is 132 Å². The van der Waals surface area contributed by atoms with Crippen molar-refractivity contribution in [1.29, 1.82) is 0 Å². The number of aromatic hydroxyl groups is 1. The van der Waals surface area contributed by atoms with E-state index in [2.05, 4.69) is 55.4 Å². The van der Waals surface area contributed by atoms with Gasteiger partial charge in [0, 0.05) is 6.54 Å². The summed E-state index contributed by atoms with van der Waals surface area (Å²) in [7, 11) is 4.19. The molecular weight excluding hydrogens is 270 g/mol. The first-order chi connectivity index (χ1) is 10.6. The Bertz CT molecular complexity index is 701. The topological polar surface area (TPSA) is 23.5 Å². The van der Waals surface area contributed by atoms with Gasteiger partial charge in [-0.1, -0.05) is 36.4 Å². The van der Waals surface area contributed by atoms with Crippen molar-refractivity contribution in [2.45, 2.75) is 19.3 Å². The number of phenols is 1. The quantitative estimate of drug-likeness (QED) is 0.928. The normalized spacial score (nSPS) is 15.5. The van der Waals surface area contributed by atoms with Gasteiger partial charge in [-0.15, -0.1) is 0 Å². The molecule has 2 nitrogen and oxygen atoms in total. The molecule has 22 heavy (non-hydrogen) atoms. The van der Waals surface area contributed by atoms with E-state index in [0.29, 0.717) is 5.75 Å². The Morgan fingerprint density at radius 1 is 1.00 bits per heavy atom. The summed E-state index contributed by atoms with van der Waals surface area (Å²) in [4.78, 5) is 2.20. The summed E-state index contributed by atoms with van der Waals surface area (Å²) in [6.45, 7) is 1.03. The molecule has 3 rings (SSSR count). The number of benzene rings is 2. The van der Waals surface area contributed by atoms with Crippen LogP contribution in [0.4, 0.5) is 0 Å². The summed E-state index contributed by atoms with van der Waals surface area (Å²) >= 11 is 0. The Balaban J connectivity index is 2.10. The summed E-state index contributed by atoms with van der Waals surface area (Å²) in [6.07, 6.45) is 5.41. The molecule has 2 aromatic rings. The van der Waals surface area contributed by atoms with E-state index in [1.165, 1.54) is 27.8 Å². The SMILES string of the molecule is CN(C)CC/C=C1/c2ccccc2CCc2ccc(O)cc21. The van der Waals surface area contributed by atoms with E-state index in [1.807, 2.05) is 6.07 Å². The fourth-order valence-electron chi connectivity index (χ4n) is 3.14. The lowest BCUT2D eigenvalue weighted by Crippen LogP contribution is -2.12. The summed E-state index contributed by atoms with van der Waals surface area (Å²) in [5.41, 5.74) is 6.48. The number of nitrogens with zero attached hydrogens (tertiary/aromatic N) is 1. The Kier molecular flexibility index (Phi) is 4.30. The number of hydrogen-bond acceptors (Lipinski definition) is 2. The van der Waals surface area contributed by atoms with E-state index in [1.54, 1.807) is 6.07 Å². The third-order valence-electron chi connectivity index (χ3n) is 4.28.